The predicted octanol–water partition coefficient (Wildman–Crippen LogP) is 3.80. The Kier molecular flexibility index (Phi) is 5.76. The number of hydrogen-bond acceptors (Lipinski definition) is 3. The average molecular weight is 363 g/mol. The van der Waals surface area contributed by atoms with Crippen LogP contribution in [0, 0.1) is 0 Å². The minimum Gasteiger partial charge on any atom is -0.322 e. The number of carbonyl (C=O) groups is 1. The molecule has 0 fully saturated rings. The maximum Gasteiger partial charge on any atom is 0.431 e. The zero-order chi connectivity index (χ0) is 19.3. The van der Waals surface area contributed by atoms with E-state index >= 15 is 0 Å². The van der Waals surface area contributed by atoms with Gasteiger partial charge in [0, 0.05) is 17.8 Å². The van der Waals surface area contributed by atoms with Crippen molar-refractivity contribution in [2.45, 2.75) is 19.5 Å². The molecule has 2 rings (SSSR count). The molecule has 1 amide bonds. The van der Waals surface area contributed by atoms with Gasteiger partial charge in [0.15, 0.2) is 0 Å². The van der Waals surface area contributed by atoms with Crippen molar-refractivity contribution >= 4 is 17.7 Å². The molecular formula is C18H16F3N3O2. The zero-order valence-corrected chi connectivity index (χ0v) is 13.9. The third-order valence-electron chi connectivity index (χ3n) is 3.31. The minimum absolute atomic E-state index is 0.370. The number of alkyl halides is 3. The Balaban J connectivity index is 2.32. The molecule has 136 valence electrons. The van der Waals surface area contributed by atoms with E-state index in [1.165, 1.54) is 0 Å². The lowest BCUT2D eigenvalue weighted by molar-refractivity contribution is -0.141. The van der Waals surface area contributed by atoms with E-state index in [-0.39, 0.29) is 0 Å². The number of nitrogens with zero attached hydrogens (tertiary/aromatic N) is 1. The van der Waals surface area contributed by atoms with Crippen LogP contribution >= 0.6 is 0 Å². The van der Waals surface area contributed by atoms with Crippen LogP contribution in [0.1, 0.15) is 34.4 Å². The highest BCUT2D eigenvalue weighted by molar-refractivity contribution is 6.04. The molecule has 0 spiro atoms. The number of aromatic nitrogens is 2. The third kappa shape index (κ3) is 4.69. The van der Waals surface area contributed by atoms with Crippen LogP contribution in [0.3, 0.4) is 0 Å². The monoisotopic (exact) mass is 363 g/mol. The van der Waals surface area contributed by atoms with Gasteiger partial charge in [-0.05, 0) is 37.3 Å². The smallest absolute Gasteiger partial charge is 0.322 e. The maximum atomic E-state index is 12.6. The second-order valence-electron chi connectivity index (χ2n) is 5.33. The Morgan fingerprint density at radius 2 is 2.08 bits per heavy atom. The number of aromatic amines is 1. The second kappa shape index (κ2) is 7.81. The third-order valence-corrected chi connectivity index (χ3v) is 3.31. The number of anilines is 1. The van der Waals surface area contributed by atoms with Gasteiger partial charge < -0.3 is 10.3 Å². The summed E-state index contributed by atoms with van der Waals surface area (Å²) in [6.07, 6.45) is 0.919. The first-order valence-corrected chi connectivity index (χ1v) is 7.61. The van der Waals surface area contributed by atoms with Gasteiger partial charge in [0.25, 0.3) is 11.5 Å². The number of H-pyrrole nitrogens is 1. The van der Waals surface area contributed by atoms with Crippen LogP contribution in [0.2, 0.25) is 0 Å². The van der Waals surface area contributed by atoms with Crippen molar-refractivity contribution < 1.29 is 18.0 Å². The number of allylic oxidation sites excluding steroid dienone is 2. The van der Waals surface area contributed by atoms with Crippen LogP contribution in [-0.2, 0) is 12.6 Å². The zero-order valence-electron chi connectivity index (χ0n) is 13.9. The summed E-state index contributed by atoms with van der Waals surface area (Å²) in [5.74, 6) is -0.817. The highest BCUT2D eigenvalue weighted by Crippen LogP contribution is 2.26. The topological polar surface area (TPSA) is 74.8 Å². The van der Waals surface area contributed by atoms with Crippen LogP contribution in [0.4, 0.5) is 18.9 Å². The fourth-order valence-corrected chi connectivity index (χ4v) is 2.21. The molecule has 26 heavy (non-hydrogen) atoms. The summed E-state index contributed by atoms with van der Waals surface area (Å²) in [5.41, 5.74) is -1.16. The molecule has 2 aromatic heterocycles. The molecule has 0 aromatic carbocycles. The number of nitrogens with one attached hydrogen (secondary N) is 2. The van der Waals surface area contributed by atoms with Crippen molar-refractivity contribution in [1.82, 2.24) is 9.97 Å². The summed E-state index contributed by atoms with van der Waals surface area (Å²) < 4.78 is 37.8. The van der Waals surface area contributed by atoms with Crippen molar-refractivity contribution in [3.63, 3.8) is 0 Å². The molecule has 0 bridgehead atoms. The Morgan fingerprint density at radius 3 is 2.65 bits per heavy atom. The van der Waals surface area contributed by atoms with Gasteiger partial charge in [0.05, 0.1) is 5.69 Å². The molecule has 0 saturated carbocycles. The van der Waals surface area contributed by atoms with Crippen LogP contribution in [0.5, 0.6) is 0 Å². The average Bonchev–Trinajstić information content (AvgIpc) is 2.54. The van der Waals surface area contributed by atoms with Gasteiger partial charge in [-0.25, -0.2) is 0 Å². The SMILES string of the molecule is C=CCc1cc(NC(=O)c2ccc(C(F)(F)F)[nH]c2=O)cc(/C=C/C)n1. The first kappa shape index (κ1) is 19.2. The van der Waals surface area contributed by atoms with E-state index in [1.807, 2.05) is 6.92 Å². The summed E-state index contributed by atoms with van der Waals surface area (Å²) in [6.45, 7) is 5.43. The van der Waals surface area contributed by atoms with E-state index in [1.54, 1.807) is 35.3 Å². The number of halogens is 3. The van der Waals surface area contributed by atoms with Gasteiger partial charge in [-0.15, -0.1) is 6.58 Å². The Morgan fingerprint density at radius 1 is 1.35 bits per heavy atom. The molecule has 8 heteroatoms. The predicted molar refractivity (Wildman–Crippen MR) is 92.9 cm³/mol. The van der Waals surface area contributed by atoms with Gasteiger partial charge in [0.1, 0.15) is 11.3 Å². The molecule has 0 aliphatic rings. The van der Waals surface area contributed by atoms with Crippen molar-refractivity contribution in [2.24, 2.45) is 0 Å². The quantitative estimate of drug-likeness (QED) is 0.794. The van der Waals surface area contributed by atoms with Crippen molar-refractivity contribution in [3.05, 3.63) is 76.0 Å². The lowest BCUT2D eigenvalue weighted by Crippen LogP contribution is -2.25. The van der Waals surface area contributed by atoms with Gasteiger partial charge in [-0.1, -0.05) is 12.2 Å². The van der Waals surface area contributed by atoms with Gasteiger partial charge in [0.2, 0.25) is 0 Å². The van der Waals surface area contributed by atoms with E-state index in [4.69, 9.17) is 0 Å². The van der Waals surface area contributed by atoms with E-state index in [0.29, 0.717) is 29.6 Å². The fraction of sp³-hybridized carbons (Fsp3) is 0.167. The van der Waals surface area contributed by atoms with E-state index < -0.39 is 28.9 Å². The fourth-order valence-electron chi connectivity index (χ4n) is 2.21. The summed E-state index contributed by atoms with van der Waals surface area (Å²) in [4.78, 5) is 30.1. The number of pyridine rings is 2. The molecule has 0 aliphatic carbocycles. The second-order valence-corrected chi connectivity index (χ2v) is 5.33. The number of hydrogen-bond donors (Lipinski definition) is 2. The van der Waals surface area contributed by atoms with Gasteiger partial charge >= 0.3 is 6.18 Å². The Labute approximate surface area is 147 Å². The molecule has 0 unspecified atom stereocenters. The first-order chi connectivity index (χ1) is 12.2. The van der Waals surface area contributed by atoms with Crippen LogP contribution < -0.4 is 10.9 Å². The molecular weight excluding hydrogens is 347 g/mol. The van der Waals surface area contributed by atoms with Crippen LogP contribution in [0.25, 0.3) is 6.08 Å². The Bertz CT molecular complexity index is 915. The van der Waals surface area contributed by atoms with Crippen molar-refractivity contribution in [2.75, 3.05) is 5.32 Å². The number of carbonyl (C=O) groups excluding carboxylic acids is 1. The van der Waals surface area contributed by atoms with Crippen LogP contribution in [0.15, 0.2) is 47.8 Å². The normalized spacial score (nSPS) is 11.5. The molecule has 0 aliphatic heterocycles. The summed E-state index contributed by atoms with van der Waals surface area (Å²) >= 11 is 0. The molecule has 0 atom stereocenters. The van der Waals surface area contributed by atoms with Crippen LogP contribution in [-0.4, -0.2) is 15.9 Å². The lowest BCUT2D eigenvalue weighted by Gasteiger charge is -2.09. The highest BCUT2D eigenvalue weighted by atomic mass is 19.4. The number of amides is 1. The summed E-state index contributed by atoms with van der Waals surface area (Å²) in [7, 11) is 0. The van der Waals surface area contributed by atoms with Gasteiger partial charge in [-0.2, -0.15) is 13.2 Å². The first-order valence-electron chi connectivity index (χ1n) is 7.61. The molecule has 0 saturated heterocycles. The lowest BCUT2D eigenvalue weighted by atomic mass is 10.2. The molecule has 2 N–H and O–H groups in total. The van der Waals surface area contributed by atoms with Gasteiger partial charge in [-0.3, -0.25) is 14.6 Å². The van der Waals surface area contributed by atoms with Crippen molar-refractivity contribution in [3.8, 4) is 0 Å². The molecule has 2 aromatic rings. The summed E-state index contributed by atoms with van der Waals surface area (Å²) in [5, 5.41) is 2.51. The number of rotatable bonds is 5. The maximum absolute atomic E-state index is 12.6. The Hall–Kier alpha value is -3.16. The highest BCUT2D eigenvalue weighted by Gasteiger charge is 2.32. The summed E-state index contributed by atoms with van der Waals surface area (Å²) in [6, 6.07) is 4.68. The molecule has 2 heterocycles. The largest absolute Gasteiger partial charge is 0.431 e. The van der Waals surface area contributed by atoms with Crippen molar-refractivity contribution in [1.29, 1.82) is 0 Å². The molecule has 0 radical (unpaired) electrons. The van der Waals surface area contributed by atoms with E-state index in [2.05, 4.69) is 16.9 Å². The van der Waals surface area contributed by atoms with E-state index in [0.717, 1.165) is 6.07 Å². The standard InChI is InChI=1S/C18H16F3N3O2/c1-3-5-11-9-13(10-12(22-11)6-4-2)23-16(25)14-7-8-15(18(19,20)21)24-17(14)26/h3-4,6-10H,1,5H2,2H3,(H,24,26)(H,22,23,25)/b6-4+. The minimum atomic E-state index is -4.69. The van der Waals surface area contributed by atoms with E-state index in [9.17, 15) is 22.8 Å². The molecule has 5 nitrogen and oxygen atoms in total.